The molecule has 1 aliphatic rings. The number of aryl methyl sites for hydroxylation is 2. The predicted octanol–water partition coefficient (Wildman–Crippen LogP) is 1.79. The minimum absolute atomic E-state index is 0.113. The third-order valence-electron chi connectivity index (χ3n) is 4.30. The van der Waals surface area contributed by atoms with E-state index in [1.54, 1.807) is 16.7 Å². The van der Waals surface area contributed by atoms with E-state index in [1.165, 1.54) is 16.8 Å². The van der Waals surface area contributed by atoms with Crippen LogP contribution in [-0.4, -0.2) is 28.8 Å². The van der Waals surface area contributed by atoms with E-state index in [9.17, 15) is 13.2 Å². The van der Waals surface area contributed by atoms with Gasteiger partial charge in [-0.3, -0.25) is 4.57 Å². The van der Waals surface area contributed by atoms with Gasteiger partial charge in [0.1, 0.15) is 5.82 Å². The normalized spacial score (nSPS) is 17.9. The molecule has 25 heavy (non-hydrogen) atoms. The Bertz CT molecular complexity index is 902. The van der Waals surface area contributed by atoms with E-state index >= 15 is 0 Å². The molecule has 0 aliphatic carbocycles. The highest BCUT2D eigenvalue weighted by atomic mass is 35.5. The maximum atomic E-state index is 12.5. The van der Waals surface area contributed by atoms with Crippen LogP contribution in [0.15, 0.2) is 34.0 Å². The van der Waals surface area contributed by atoms with Crippen LogP contribution in [0.4, 0.5) is 0 Å². The van der Waals surface area contributed by atoms with Gasteiger partial charge in [0, 0.05) is 30.6 Å². The van der Waals surface area contributed by atoms with Crippen LogP contribution in [0.25, 0.3) is 0 Å². The maximum absolute atomic E-state index is 12.5. The van der Waals surface area contributed by atoms with Gasteiger partial charge in [0.15, 0.2) is 0 Å². The predicted molar refractivity (Wildman–Crippen MR) is 95.3 cm³/mol. The topological polar surface area (TPSA) is 86.0 Å². The van der Waals surface area contributed by atoms with E-state index in [2.05, 4.69) is 9.82 Å². The molecule has 1 aliphatic heterocycles. The van der Waals surface area contributed by atoms with Crippen LogP contribution in [0, 0.1) is 0 Å². The number of aromatic nitrogens is 3. The van der Waals surface area contributed by atoms with Crippen molar-refractivity contribution in [1.29, 1.82) is 0 Å². The Kier molecular flexibility index (Phi) is 5.31. The number of sulfonamides is 1. The summed E-state index contributed by atoms with van der Waals surface area (Å²) in [4.78, 5) is 12.5. The zero-order valence-electron chi connectivity index (χ0n) is 14.0. The largest absolute Gasteiger partial charge is 0.345 e. The third-order valence-corrected chi connectivity index (χ3v) is 6.09. The van der Waals surface area contributed by atoms with Gasteiger partial charge in [-0.05, 0) is 43.5 Å². The molecule has 2 heterocycles. The lowest BCUT2D eigenvalue weighted by atomic mass is 10.1. The number of nitrogens with zero attached hydrogens (tertiary/aromatic N) is 3. The summed E-state index contributed by atoms with van der Waals surface area (Å²) in [6, 6.07) is 5.83. The molecule has 0 amide bonds. The fraction of sp³-hybridized carbons (Fsp3) is 0.500. The summed E-state index contributed by atoms with van der Waals surface area (Å²) in [7, 11) is -3.61. The average Bonchev–Trinajstić information content (AvgIpc) is 2.74. The zero-order valence-corrected chi connectivity index (χ0v) is 15.6. The van der Waals surface area contributed by atoms with E-state index in [0.717, 1.165) is 12.2 Å². The van der Waals surface area contributed by atoms with Crippen molar-refractivity contribution in [3.05, 3.63) is 45.6 Å². The Balaban J connectivity index is 1.72. The van der Waals surface area contributed by atoms with Gasteiger partial charge < -0.3 is 0 Å². The molecule has 0 bridgehead atoms. The van der Waals surface area contributed by atoms with E-state index < -0.39 is 10.0 Å². The van der Waals surface area contributed by atoms with Gasteiger partial charge >= 0.3 is 5.69 Å². The maximum Gasteiger partial charge on any atom is 0.345 e. The average molecular weight is 385 g/mol. The lowest BCUT2D eigenvalue weighted by Gasteiger charge is -2.16. The molecule has 1 aromatic carbocycles. The number of fused-ring (bicyclic) bond motifs is 1. The van der Waals surface area contributed by atoms with Crippen molar-refractivity contribution in [1.82, 2.24) is 19.1 Å². The molecule has 9 heteroatoms. The molecule has 0 spiro atoms. The molecule has 0 fully saturated rings. The first kappa shape index (κ1) is 18.2. The smallest absolute Gasteiger partial charge is 0.279 e. The van der Waals surface area contributed by atoms with E-state index in [0.29, 0.717) is 37.4 Å². The minimum atomic E-state index is -3.61. The molecule has 1 N–H and O–H groups in total. The quantitative estimate of drug-likeness (QED) is 0.851. The Morgan fingerprint density at radius 3 is 2.68 bits per heavy atom. The molecule has 1 atom stereocenters. The Morgan fingerprint density at radius 1 is 1.28 bits per heavy atom. The van der Waals surface area contributed by atoms with Crippen LogP contribution in [0.1, 0.15) is 32.0 Å². The number of nitrogens with one attached hydrogen (secondary N) is 1. The van der Waals surface area contributed by atoms with Crippen molar-refractivity contribution in [3.8, 4) is 0 Å². The van der Waals surface area contributed by atoms with Crippen molar-refractivity contribution in [2.24, 2.45) is 0 Å². The molecular formula is C16H21ClN4O3S. The summed E-state index contributed by atoms with van der Waals surface area (Å²) in [5.41, 5.74) is -0.113. The van der Waals surface area contributed by atoms with Gasteiger partial charge in [-0.1, -0.05) is 18.5 Å². The molecule has 2 aromatic rings. The SMILES string of the molecule is CCCn1nc2n(c1=O)CCC(NS(=O)(=O)c1ccc(Cl)cc1)CC2. The third kappa shape index (κ3) is 3.96. The van der Waals surface area contributed by atoms with E-state index in [-0.39, 0.29) is 16.6 Å². The van der Waals surface area contributed by atoms with Crippen molar-refractivity contribution in [3.63, 3.8) is 0 Å². The van der Waals surface area contributed by atoms with Gasteiger partial charge in [0.25, 0.3) is 0 Å². The zero-order chi connectivity index (χ0) is 18.0. The highest BCUT2D eigenvalue weighted by Crippen LogP contribution is 2.17. The van der Waals surface area contributed by atoms with Crippen molar-refractivity contribution in [2.75, 3.05) is 0 Å². The highest BCUT2D eigenvalue weighted by Gasteiger charge is 2.25. The molecule has 0 saturated heterocycles. The van der Waals surface area contributed by atoms with Crippen LogP contribution in [-0.2, 0) is 29.5 Å². The molecule has 7 nitrogen and oxygen atoms in total. The minimum Gasteiger partial charge on any atom is -0.279 e. The Labute approximate surface area is 151 Å². The summed E-state index contributed by atoms with van der Waals surface area (Å²) >= 11 is 5.81. The molecule has 0 saturated carbocycles. The fourth-order valence-corrected chi connectivity index (χ4v) is 4.44. The highest BCUT2D eigenvalue weighted by molar-refractivity contribution is 7.89. The van der Waals surface area contributed by atoms with Crippen molar-refractivity contribution in [2.45, 2.75) is 56.6 Å². The number of halogens is 1. The second kappa shape index (κ2) is 7.31. The van der Waals surface area contributed by atoms with Crippen LogP contribution in [0.2, 0.25) is 5.02 Å². The Hall–Kier alpha value is -1.64. The van der Waals surface area contributed by atoms with Crippen LogP contribution in [0.5, 0.6) is 0 Å². The monoisotopic (exact) mass is 384 g/mol. The summed E-state index contributed by atoms with van der Waals surface area (Å²) < 4.78 is 30.9. The lowest BCUT2D eigenvalue weighted by Crippen LogP contribution is -2.35. The standard InChI is InChI=1S/C16H21ClN4O3S/c1-2-10-21-16(22)20-11-9-13(5-8-15(20)18-21)19-25(23,24)14-6-3-12(17)4-7-14/h3-4,6-7,13,19H,2,5,8-11H2,1H3. The summed E-state index contributed by atoms with van der Waals surface area (Å²) in [6.45, 7) is 3.07. The molecule has 1 unspecified atom stereocenters. The number of hydrogen-bond donors (Lipinski definition) is 1. The first-order chi connectivity index (χ1) is 11.9. The van der Waals surface area contributed by atoms with Gasteiger partial charge in [-0.2, -0.15) is 5.10 Å². The fourth-order valence-electron chi connectivity index (χ4n) is 3.00. The molecule has 3 rings (SSSR count). The van der Waals surface area contributed by atoms with E-state index in [1.807, 2.05) is 6.92 Å². The van der Waals surface area contributed by atoms with Gasteiger partial charge in [0.05, 0.1) is 4.90 Å². The summed E-state index contributed by atoms with van der Waals surface area (Å²) in [5, 5.41) is 4.86. The molecule has 136 valence electrons. The summed E-state index contributed by atoms with van der Waals surface area (Å²) in [5.74, 6) is 0.728. The van der Waals surface area contributed by atoms with Gasteiger partial charge in [-0.25, -0.2) is 22.6 Å². The van der Waals surface area contributed by atoms with Crippen LogP contribution in [0.3, 0.4) is 0 Å². The number of hydrogen-bond acceptors (Lipinski definition) is 4. The van der Waals surface area contributed by atoms with Gasteiger partial charge in [0.2, 0.25) is 10.0 Å². The van der Waals surface area contributed by atoms with E-state index in [4.69, 9.17) is 11.6 Å². The molecular weight excluding hydrogens is 364 g/mol. The first-order valence-corrected chi connectivity index (χ1v) is 10.2. The van der Waals surface area contributed by atoms with Gasteiger partial charge in [-0.15, -0.1) is 0 Å². The molecule has 1 aromatic heterocycles. The Morgan fingerprint density at radius 2 is 2.00 bits per heavy atom. The van der Waals surface area contributed by atoms with Crippen LogP contribution < -0.4 is 10.4 Å². The first-order valence-electron chi connectivity index (χ1n) is 8.35. The second-order valence-electron chi connectivity index (χ2n) is 6.17. The van der Waals surface area contributed by atoms with Crippen molar-refractivity contribution >= 4 is 21.6 Å². The second-order valence-corrected chi connectivity index (χ2v) is 8.32. The number of benzene rings is 1. The van der Waals surface area contributed by atoms with Crippen LogP contribution >= 0.6 is 11.6 Å². The van der Waals surface area contributed by atoms with Crippen molar-refractivity contribution < 1.29 is 8.42 Å². The lowest BCUT2D eigenvalue weighted by molar-refractivity contribution is 0.483. The summed E-state index contributed by atoms with van der Waals surface area (Å²) in [6.07, 6.45) is 2.58. The molecule has 0 radical (unpaired) electrons. The number of rotatable bonds is 5.